The molecule has 0 bridgehead atoms. The largest absolute Gasteiger partial charge is 0.306 e. The maximum atomic E-state index is 12.8. The maximum absolute atomic E-state index is 12.8. The van der Waals surface area contributed by atoms with E-state index in [1.165, 1.54) is 0 Å². The molecule has 4 aromatic rings. The van der Waals surface area contributed by atoms with E-state index < -0.39 is 0 Å². The van der Waals surface area contributed by atoms with Crippen molar-refractivity contribution in [3.8, 4) is 11.3 Å². The fraction of sp³-hybridized carbons (Fsp3) is 0.167. The van der Waals surface area contributed by atoms with Gasteiger partial charge in [0.25, 0.3) is 5.91 Å². The molecule has 1 N–H and O–H groups in total. The second-order valence-corrected chi connectivity index (χ2v) is 8.11. The Labute approximate surface area is 174 Å². The molecule has 0 radical (unpaired) electrons. The van der Waals surface area contributed by atoms with Crippen molar-refractivity contribution in [2.45, 2.75) is 26.2 Å². The number of nitrogens with one attached hydrogen (secondary N) is 1. The van der Waals surface area contributed by atoms with Crippen LogP contribution < -0.4 is 5.32 Å². The standard InChI is InChI=1S/C24H22N4O2/c1-24(2,3)18-10-8-16(9-11-18)23(30)27-21-14-20(28-22(26-21)12-13-25-28)19-7-5-4-6-17(19)15-29/h4-15H,1-3H3,(H,26,27,30). The molecule has 2 heterocycles. The third-order valence-corrected chi connectivity index (χ3v) is 4.98. The Balaban J connectivity index is 1.70. The molecule has 6 heteroatoms. The van der Waals surface area contributed by atoms with Gasteiger partial charge in [0, 0.05) is 28.8 Å². The summed E-state index contributed by atoms with van der Waals surface area (Å²) in [6.45, 7) is 6.39. The monoisotopic (exact) mass is 398 g/mol. The number of rotatable bonds is 4. The van der Waals surface area contributed by atoms with Crippen LogP contribution in [0.2, 0.25) is 0 Å². The Kier molecular flexibility index (Phi) is 4.91. The van der Waals surface area contributed by atoms with Gasteiger partial charge in [-0.05, 0) is 23.1 Å². The molecular weight excluding hydrogens is 376 g/mol. The Bertz CT molecular complexity index is 1230. The molecule has 1 amide bonds. The van der Waals surface area contributed by atoms with Crippen molar-refractivity contribution in [1.82, 2.24) is 14.6 Å². The lowest BCUT2D eigenvalue weighted by Gasteiger charge is -2.19. The normalized spacial score (nSPS) is 11.4. The van der Waals surface area contributed by atoms with Gasteiger partial charge in [-0.3, -0.25) is 9.59 Å². The van der Waals surface area contributed by atoms with Crippen molar-refractivity contribution >= 4 is 23.7 Å². The first-order chi connectivity index (χ1) is 14.4. The summed E-state index contributed by atoms with van der Waals surface area (Å²) >= 11 is 0. The highest BCUT2D eigenvalue weighted by Crippen LogP contribution is 2.26. The lowest BCUT2D eigenvalue weighted by atomic mass is 9.87. The topological polar surface area (TPSA) is 76.4 Å². The number of anilines is 1. The Morgan fingerprint density at radius 2 is 1.77 bits per heavy atom. The van der Waals surface area contributed by atoms with Crippen LogP contribution in [0.1, 0.15) is 47.1 Å². The van der Waals surface area contributed by atoms with E-state index in [4.69, 9.17) is 0 Å². The summed E-state index contributed by atoms with van der Waals surface area (Å²) in [7, 11) is 0. The average Bonchev–Trinajstić information content (AvgIpc) is 3.21. The van der Waals surface area contributed by atoms with Crippen LogP contribution in [0.4, 0.5) is 5.82 Å². The molecule has 0 saturated carbocycles. The number of nitrogens with zero attached hydrogens (tertiary/aromatic N) is 3. The van der Waals surface area contributed by atoms with Crippen LogP contribution in [-0.4, -0.2) is 26.8 Å². The average molecular weight is 398 g/mol. The zero-order chi connectivity index (χ0) is 21.3. The van der Waals surface area contributed by atoms with Gasteiger partial charge in [0.2, 0.25) is 0 Å². The van der Waals surface area contributed by atoms with Crippen molar-refractivity contribution in [3.05, 3.63) is 83.6 Å². The second kappa shape index (κ2) is 7.55. The zero-order valence-electron chi connectivity index (χ0n) is 17.1. The molecule has 0 saturated heterocycles. The molecule has 0 aliphatic heterocycles. The van der Waals surface area contributed by atoms with Gasteiger partial charge in [0.15, 0.2) is 11.9 Å². The van der Waals surface area contributed by atoms with Crippen molar-refractivity contribution in [1.29, 1.82) is 0 Å². The highest BCUT2D eigenvalue weighted by atomic mass is 16.1. The Morgan fingerprint density at radius 1 is 1.03 bits per heavy atom. The highest BCUT2D eigenvalue weighted by Gasteiger charge is 2.16. The van der Waals surface area contributed by atoms with Crippen molar-refractivity contribution in [3.63, 3.8) is 0 Å². The minimum Gasteiger partial charge on any atom is -0.306 e. The lowest BCUT2D eigenvalue weighted by Crippen LogP contribution is -2.15. The molecular formula is C24H22N4O2. The Morgan fingerprint density at radius 3 is 2.47 bits per heavy atom. The molecule has 0 fully saturated rings. The van der Waals surface area contributed by atoms with Gasteiger partial charge >= 0.3 is 0 Å². The molecule has 0 unspecified atom stereocenters. The summed E-state index contributed by atoms with van der Waals surface area (Å²) < 4.78 is 1.65. The van der Waals surface area contributed by atoms with Gasteiger partial charge in [-0.15, -0.1) is 0 Å². The van der Waals surface area contributed by atoms with Crippen LogP contribution in [-0.2, 0) is 5.41 Å². The smallest absolute Gasteiger partial charge is 0.256 e. The lowest BCUT2D eigenvalue weighted by molar-refractivity contribution is 0.102. The molecule has 2 aromatic heterocycles. The summed E-state index contributed by atoms with van der Waals surface area (Å²) in [5.74, 6) is 0.144. The van der Waals surface area contributed by atoms with Gasteiger partial charge in [0.1, 0.15) is 5.82 Å². The Hall–Kier alpha value is -3.80. The van der Waals surface area contributed by atoms with Gasteiger partial charge in [-0.25, -0.2) is 9.50 Å². The molecule has 2 aromatic carbocycles. The first kappa shape index (κ1) is 19.5. The van der Waals surface area contributed by atoms with E-state index in [-0.39, 0.29) is 11.3 Å². The summed E-state index contributed by atoms with van der Waals surface area (Å²) in [6, 6.07) is 18.3. The SMILES string of the molecule is CC(C)(C)c1ccc(C(=O)Nc2cc(-c3ccccc3C=O)n3nccc3n2)cc1. The van der Waals surface area contributed by atoms with Gasteiger partial charge in [-0.1, -0.05) is 57.2 Å². The predicted molar refractivity (Wildman–Crippen MR) is 117 cm³/mol. The number of carbonyl (C=O) groups is 2. The van der Waals surface area contributed by atoms with Crippen molar-refractivity contribution < 1.29 is 9.59 Å². The maximum Gasteiger partial charge on any atom is 0.256 e. The molecule has 6 nitrogen and oxygen atoms in total. The summed E-state index contributed by atoms with van der Waals surface area (Å²) in [5.41, 5.74) is 4.23. The third-order valence-electron chi connectivity index (χ3n) is 4.98. The third kappa shape index (κ3) is 3.72. The van der Waals surface area contributed by atoms with E-state index in [1.54, 1.807) is 35.0 Å². The zero-order valence-corrected chi connectivity index (χ0v) is 17.1. The number of amides is 1. The van der Waals surface area contributed by atoms with Crippen molar-refractivity contribution in [2.75, 3.05) is 5.32 Å². The number of aldehydes is 1. The minimum absolute atomic E-state index is 0.0183. The van der Waals surface area contributed by atoms with E-state index in [2.05, 4.69) is 36.2 Å². The van der Waals surface area contributed by atoms with E-state index >= 15 is 0 Å². The fourth-order valence-corrected chi connectivity index (χ4v) is 3.31. The van der Waals surface area contributed by atoms with Gasteiger partial charge < -0.3 is 5.32 Å². The predicted octanol–water partition coefficient (Wildman–Crippen LogP) is 4.76. The molecule has 30 heavy (non-hydrogen) atoms. The van der Waals surface area contributed by atoms with E-state index in [1.807, 2.05) is 36.4 Å². The number of aromatic nitrogens is 3. The number of benzene rings is 2. The highest BCUT2D eigenvalue weighted by molar-refractivity contribution is 6.04. The quantitative estimate of drug-likeness (QED) is 0.503. The number of carbonyl (C=O) groups excluding carboxylic acids is 2. The van der Waals surface area contributed by atoms with Crippen LogP contribution in [0.3, 0.4) is 0 Å². The molecule has 0 atom stereocenters. The summed E-state index contributed by atoms with van der Waals surface area (Å²) in [6.07, 6.45) is 2.44. The number of hydrogen-bond acceptors (Lipinski definition) is 4. The van der Waals surface area contributed by atoms with Gasteiger partial charge in [-0.2, -0.15) is 5.10 Å². The van der Waals surface area contributed by atoms with E-state index in [0.29, 0.717) is 33.8 Å². The van der Waals surface area contributed by atoms with E-state index in [9.17, 15) is 9.59 Å². The fourth-order valence-electron chi connectivity index (χ4n) is 3.31. The molecule has 0 aliphatic rings. The number of fused-ring (bicyclic) bond motifs is 1. The van der Waals surface area contributed by atoms with Gasteiger partial charge in [0.05, 0.1) is 11.9 Å². The second-order valence-electron chi connectivity index (χ2n) is 8.11. The summed E-state index contributed by atoms with van der Waals surface area (Å²) in [5, 5.41) is 7.17. The van der Waals surface area contributed by atoms with Crippen molar-refractivity contribution in [2.24, 2.45) is 0 Å². The van der Waals surface area contributed by atoms with Crippen LogP contribution in [0, 0.1) is 0 Å². The molecule has 4 rings (SSSR count). The van der Waals surface area contributed by atoms with Crippen LogP contribution in [0.15, 0.2) is 66.9 Å². The number of hydrogen-bond donors (Lipinski definition) is 1. The first-order valence-corrected chi connectivity index (χ1v) is 9.68. The minimum atomic E-state index is -0.249. The molecule has 150 valence electrons. The van der Waals surface area contributed by atoms with Crippen LogP contribution in [0.25, 0.3) is 16.9 Å². The van der Waals surface area contributed by atoms with Crippen LogP contribution >= 0.6 is 0 Å². The molecule has 0 spiro atoms. The molecule has 0 aliphatic carbocycles. The summed E-state index contributed by atoms with van der Waals surface area (Å²) in [4.78, 5) is 28.8. The first-order valence-electron chi connectivity index (χ1n) is 9.68. The van der Waals surface area contributed by atoms with E-state index in [0.717, 1.165) is 11.8 Å². The van der Waals surface area contributed by atoms with Crippen LogP contribution in [0.5, 0.6) is 0 Å².